The molecule has 0 aliphatic carbocycles. The molecule has 0 amide bonds. The van der Waals surface area contributed by atoms with Crippen LogP contribution in [0.2, 0.25) is 5.02 Å². The van der Waals surface area contributed by atoms with Crippen molar-refractivity contribution in [1.82, 2.24) is 4.98 Å². The van der Waals surface area contributed by atoms with Crippen LogP contribution in [0.4, 0.5) is 0 Å². The lowest BCUT2D eigenvalue weighted by molar-refractivity contribution is 0.301. The van der Waals surface area contributed by atoms with Gasteiger partial charge in [-0.2, -0.15) is 5.26 Å². The molecule has 1 heterocycles. The Morgan fingerprint density at radius 3 is 2.42 bits per heavy atom. The minimum atomic E-state index is -3.32. The Balaban J connectivity index is 1.77. The average Bonchev–Trinajstić information content (AvgIpc) is 3.26. The summed E-state index contributed by atoms with van der Waals surface area (Å²) in [4.78, 5) is 4.09. The van der Waals surface area contributed by atoms with E-state index in [1.165, 1.54) is 0 Å². The maximum Gasteiger partial charge on any atom is 0.209 e. The van der Waals surface area contributed by atoms with Gasteiger partial charge < -0.3 is 9.47 Å². The molecule has 3 rings (SSSR count). The highest BCUT2D eigenvalue weighted by Crippen LogP contribution is 2.38. The lowest BCUT2D eigenvalue weighted by Gasteiger charge is -2.27. The van der Waals surface area contributed by atoms with Crippen LogP contribution in [0.25, 0.3) is 0 Å². The fourth-order valence-corrected chi connectivity index (χ4v) is 5.15. The van der Waals surface area contributed by atoms with Crippen molar-refractivity contribution in [3.05, 3.63) is 69.2 Å². The summed E-state index contributed by atoms with van der Waals surface area (Å²) in [5.41, 5.74) is 2.33. The van der Waals surface area contributed by atoms with Crippen LogP contribution < -0.4 is 9.47 Å². The highest BCUT2D eigenvalue weighted by atomic mass is 35.5. The molecule has 0 radical (unpaired) electrons. The molecule has 0 unspecified atom stereocenters. The molecule has 0 spiro atoms. The molecule has 0 N–H and O–H groups in total. The summed E-state index contributed by atoms with van der Waals surface area (Å²) in [6.45, 7) is 4.50. The number of ether oxygens (including phenoxy) is 2. The van der Waals surface area contributed by atoms with Gasteiger partial charge in [0, 0.05) is 17.1 Å². The molecule has 1 aromatic heterocycles. The Hall–Kier alpha value is -2.31. The lowest BCUT2D eigenvalue weighted by atomic mass is 9.77. The molecule has 174 valence electrons. The molecule has 0 saturated carbocycles. The molecular weight excluding hydrogens is 503 g/mol. The Labute approximate surface area is 207 Å². The Bertz CT molecular complexity index is 1280. The van der Waals surface area contributed by atoms with Crippen molar-refractivity contribution in [3.63, 3.8) is 0 Å². The Kier molecular flexibility index (Phi) is 7.91. The lowest BCUT2D eigenvalue weighted by Crippen LogP contribution is -2.19. The van der Waals surface area contributed by atoms with E-state index in [0.29, 0.717) is 33.7 Å². The van der Waals surface area contributed by atoms with Crippen LogP contribution in [0, 0.1) is 11.3 Å². The molecule has 33 heavy (non-hydrogen) atoms. The van der Waals surface area contributed by atoms with Crippen LogP contribution in [0.3, 0.4) is 0 Å². The minimum absolute atomic E-state index is 0.0765. The SMILES string of the molecule is CC(C)(c1ccc(OCc2csc(S(C)(=O)=O)n2)cc1)c1cc(Cl)c(OCCCl)c(C#N)c1. The van der Waals surface area contributed by atoms with Crippen molar-refractivity contribution in [1.29, 1.82) is 5.26 Å². The minimum Gasteiger partial charge on any atom is -0.489 e. The summed E-state index contributed by atoms with van der Waals surface area (Å²) in [6, 6.07) is 13.3. The molecule has 2 aromatic carbocycles. The molecular formula is C23H22Cl2N2O4S2. The van der Waals surface area contributed by atoms with Gasteiger partial charge in [0.05, 0.1) is 22.2 Å². The zero-order valence-electron chi connectivity index (χ0n) is 18.3. The maximum absolute atomic E-state index is 11.6. The number of nitrogens with zero attached hydrogens (tertiary/aromatic N) is 2. The van der Waals surface area contributed by atoms with E-state index in [1.807, 2.05) is 38.1 Å². The predicted octanol–water partition coefficient (Wildman–Crippen LogP) is 5.59. The van der Waals surface area contributed by atoms with E-state index >= 15 is 0 Å². The second-order valence-corrected chi connectivity index (χ2v) is 11.6. The number of aromatic nitrogens is 1. The van der Waals surface area contributed by atoms with Crippen LogP contribution in [-0.2, 0) is 21.9 Å². The second-order valence-electron chi connectivity index (χ2n) is 7.80. The second kappa shape index (κ2) is 10.3. The summed E-state index contributed by atoms with van der Waals surface area (Å²) in [7, 11) is -3.32. The summed E-state index contributed by atoms with van der Waals surface area (Å²) >= 11 is 13.2. The molecule has 0 fully saturated rings. The third-order valence-electron chi connectivity index (χ3n) is 5.02. The fourth-order valence-electron chi connectivity index (χ4n) is 3.14. The van der Waals surface area contributed by atoms with Gasteiger partial charge >= 0.3 is 0 Å². The predicted molar refractivity (Wildman–Crippen MR) is 131 cm³/mol. The van der Waals surface area contributed by atoms with E-state index in [1.54, 1.807) is 17.5 Å². The maximum atomic E-state index is 11.6. The normalized spacial score (nSPS) is 11.8. The van der Waals surface area contributed by atoms with Crippen LogP contribution in [-0.4, -0.2) is 32.1 Å². The summed E-state index contributed by atoms with van der Waals surface area (Å²) in [5, 5.41) is 11.6. The van der Waals surface area contributed by atoms with E-state index in [0.717, 1.165) is 28.7 Å². The zero-order valence-corrected chi connectivity index (χ0v) is 21.4. The third-order valence-corrected chi connectivity index (χ3v) is 8.06. The van der Waals surface area contributed by atoms with Gasteiger partial charge in [-0.1, -0.05) is 37.6 Å². The van der Waals surface area contributed by atoms with Crippen molar-refractivity contribution < 1.29 is 17.9 Å². The first-order chi connectivity index (χ1) is 15.6. The van der Waals surface area contributed by atoms with Crippen LogP contribution >= 0.6 is 34.5 Å². The van der Waals surface area contributed by atoms with Gasteiger partial charge in [0.1, 0.15) is 25.0 Å². The van der Waals surface area contributed by atoms with E-state index in [9.17, 15) is 13.7 Å². The highest BCUT2D eigenvalue weighted by Gasteiger charge is 2.26. The van der Waals surface area contributed by atoms with Crippen molar-refractivity contribution >= 4 is 44.4 Å². The van der Waals surface area contributed by atoms with E-state index in [-0.39, 0.29) is 17.6 Å². The number of alkyl halides is 1. The van der Waals surface area contributed by atoms with Gasteiger partial charge in [-0.25, -0.2) is 13.4 Å². The number of thiazole rings is 1. The summed E-state index contributed by atoms with van der Waals surface area (Å²) in [6.07, 6.45) is 1.13. The first-order valence-corrected chi connectivity index (χ1v) is 13.6. The zero-order chi connectivity index (χ0) is 24.2. The Morgan fingerprint density at radius 1 is 1.15 bits per heavy atom. The van der Waals surface area contributed by atoms with E-state index in [4.69, 9.17) is 32.7 Å². The van der Waals surface area contributed by atoms with Crippen LogP contribution in [0.1, 0.15) is 36.2 Å². The number of halogens is 2. The Morgan fingerprint density at radius 2 is 1.85 bits per heavy atom. The highest BCUT2D eigenvalue weighted by molar-refractivity contribution is 7.92. The first kappa shape index (κ1) is 25.3. The number of rotatable bonds is 9. The summed E-state index contributed by atoms with van der Waals surface area (Å²) in [5.74, 6) is 1.26. The monoisotopic (exact) mass is 524 g/mol. The van der Waals surface area contributed by atoms with Gasteiger partial charge in [-0.3, -0.25) is 0 Å². The van der Waals surface area contributed by atoms with Crippen molar-refractivity contribution in [3.8, 4) is 17.6 Å². The quantitative estimate of drug-likeness (QED) is 0.338. The van der Waals surface area contributed by atoms with Gasteiger partial charge in [0.2, 0.25) is 14.2 Å². The van der Waals surface area contributed by atoms with Gasteiger partial charge in [0.15, 0.2) is 5.75 Å². The number of hydrogen-bond donors (Lipinski definition) is 0. The molecule has 0 saturated heterocycles. The molecule has 0 atom stereocenters. The molecule has 0 aliphatic rings. The fraction of sp³-hybridized carbons (Fsp3) is 0.304. The molecule has 3 aromatic rings. The van der Waals surface area contributed by atoms with Gasteiger partial charge in [-0.05, 0) is 35.4 Å². The first-order valence-electron chi connectivity index (χ1n) is 9.87. The van der Waals surface area contributed by atoms with Crippen molar-refractivity contribution in [2.24, 2.45) is 0 Å². The van der Waals surface area contributed by atoms with Crippen molar-refractivity contribution in [2.45, 2.75) is 30.2 Å². The topological polar surface area (TPSA) is 89.3 Å². The molecule has 6 nitrogen and oxygen atoms in total. The van der Waals surface area contributed by atoms with E-state index in [2.05, 4.69) is 11.1 Å². The smallest absolute Gasteiger partial charge is 0.209 e. The molecule has 10 heteroatoms. The number of hydrogen-bond acceptors (Lipinski definition) is 7. The number of nitriles is 1. The van der Waals surface area contributed by atoms with Gasteiger partial charge in [-0.15, -0.1) is 22.9 Å². The average molecular weight is 525 g/mol. The third kappa shape index (κ3) is 5.98. The van der Waals surface area contributed by atoms with E-state index < -0.39 is 15.3 Å². The van der Waals surface area contributed by atoms with Crippen LogP contribution in [0.15, 0.2) is 46.1 Å². The standard InChI is InChI=1S/C23H22Cl2N2O4S2/c1-23(2,17-10-15(12-26)21(20(25)11-17)30-9-8-24)16-4-6-19(7-5-16)31-13-18-14-32-22(27-18)33(3,28)29/h4-7,10-11,14H,8-9,13H2,1-3H3. The van der Waals surface area contributed by atoms with Crippen LogP contribution in [0.5, 0.6) is 11.5 Å². The number of sulfone groups is 1. The van der Waals surface area contributed by atoms with Crippen molar-refractivity contribution in [2.75, 3.05) is 18.7 Å². The number of benzene rings is 2. The largest absolute Gasteiger partial charge is 0.489 e. The molecule has 0 aliphatic heterocycles. The molecule has 0 bridgehead atoms. The van der Waals surface area contributed by atoms with Gasteiger partial charge in [0.25, 0.3) is 0 Å². The summed E-state index contributed by atoms with van der Waals surface area (Å²) < 4.78 is 34.5.